The van der Waals surface area contributed by atoms with E-state index in [1.807, 2.05) is 0 Å². The molecule has 11 heteroatoms. The SMILES string of the molecule is CC1(C)C(=O)N(c2ccc(C#N)c(C(F)(F)F)c2)C(=S)N1c1ccc(OC2CCNCC2)c(F)c1. The van der Waals surface area contributed by atoms with Gasteiger partial charge in [0, 0.05) is 11.8 Å². The van der Waals surface area contributed by atoms with Gasteiger partial charge in [0.15, 0.2) is 16.7 Å². The fourth-order valence-corrected chi connectivity index (χ4v) is 4.80. The fraction of sp³-hybridized carbons (Fsp3) is 0.375. The molecule has 0 radical (unpaired) electrons. The zero-order valence-electron chi connectivity index (χ0n) is 18.9. The summed E-state index contributed by atoms with van der Waals surface area (Å²) in [5.41, 5.74) is -2.92. The van der Waals surface area contributed by atoms with E-state index >= 15 is 0 Å². The Balaban J connectivity index is 1.67. The van der Waals surface area contributed by atoms with Crippen LogP contribution in [-0.4, -0.2) is 35.8 Å². The number of hydrogen-bond acceptors (Lipinski definition) is 5. The molecule has 0 aromatic heterocycles. The van der Waals surface area contributed by atoms with Gasteiger partial charge in [0.1, 0.15) is 11.6 Å². The quantitative estimate of drug-likeness (QED) is 0.476. The maximum absolute atomic E-state index is 15.0. The van der Waals surface area contributed by atoms with E-state index in [9.17, 15) is 22.4 Å². The van der Waals surface area contributed by atoms with Crippen molar-refractivity contribution in [2.45, 2.75) is 44.5 Å². The number of ether oxygens (including phenoxy) is 1. The van der Waals surface area contributed by atoms with Crippen LogP contribution in [0.5, 0.6) is 5.75 Å². The minimum Gasteiger partial charge on any atom is -0.487 e. The molecule has 0 saturated carbocycles. The summed E-state index contributed by atoms with van der Waals surface area (Å²) in [5.74, 6) is -1.15. The predicted molar refractivity (Wildman–Crippen MR) is 126 cm³/mol. The monoisotopic (exact) mass is 506 g/mol. The first kappa shape index (κ1) is 24.9. The van der Waals surface area contributed by atoms with Gasteiger partial charge in [-0.15, -0.1) is 0 Å². The number of nitrogens with one attached hydrogen (secondary N) is 1. The Hall–Kier alpha value is -3.23. The van der Waals surface area contributed by atoms with E-state index < -0.39 is 34.6 Å². The van der Waals surface area contributed by atoms with Gasteiger partial charge >= 0.3 is 6.18 Å². The van der Waals surface area contributed by atoms with Gasteiger partial charge in [-0.3, -0.25) is 9.69 Å². The Morgan fingerprint density at radius 1 is 1.14 bits per heavy atom. The Labute approximate surface area is 205 Å². The molecule has 1 amide bonds. The van der Waals surface area contributed by atoms with Crippen molar-refractivity contribution in [1.82, 2.24) is 5.32 Å². The molecule has 0 bridgehead atoms. The summed E-state index contributed by atoms with van der Waals surface area (Å²) in [6.07, 6.45) is -3.41. The van der Waals surface area contributed by atoms with E-state index in [0.29, 0.717) is 0 Å². The number of carbonyl (C=O) groups excluding carboxylic acids is 1. The second-order valence-electron chi connectivity index (χ2n) is 8.84. The number of halogens is 4. The first-order valence-corrected chi connectivity index (χ1v) is 11.3. The van der Waals surface area contributed by atoms with Gasteiger partial charge < -0.3 is 15.0 Å². The molecule has 1 N–H and O–H groups in total. The van der Waals surface area contributed by atoms with Crippen molar-refractivity contribution in [3.05, 3.63) is 53.3 Å². The average molecular weight is 507 g/mol. The summed E-state index contributed by atoms with van der Waals surface area (Å²) in [6.45, 7) is 4.66. The highest BCUT2D eigenvalue weighted by molar-refractivity contribution is 7.81. The van der Waals surface area contributed by atoms with Crippen LogP contribution in [0.25, 0.3) is 0 Å². The van der Waals surface area contributed by atoms with Crippen LogP contribution in [0.1, 0.15) is 37.8 Å². The van der Waals surface area contributed by atoms with Crippen LogP contribution in [0.15, 0.2) is 36.4 Å². The molecular formula is C24H22F4N4O2S. The molecule has 2 fully saturated rings. The summed E-state index contributed by atoms with van der Waals surface area (Å²) >= 11 is 5.48. The third-order valence-electron chi connectivity index (χ3n) is 6.11. The Morgan fingerprint density at radius 3 is 2.40 bits per heavy atom. The summed E-state index contributed by atoms with van der Waals surface area (Å²) in [5, 5.41) is 12.2. The maximum atomic E-state index is 15.0. The van der Waals surface area contributed by atoms with Gasteiger partial charge in [-0.25, -0.2) is 4.39 Å². The molecule has 0 atom stereocenters. The lowest BCUT2D eigenvalue weighted by Crippen LogP contribution is -2.44. The number of nitriles is 1. The number of nitrogens with zero attached hydrogens (tertiary/aromatic N) is 3. The zero-order valence-corrected chi connectivity index (χ0v) is 19.8. The van der Waals surface area contributed by atoms with Crippen LogP contribution in [-0.2, 0) is 11.0 Å². The molecule has 0 spiro atoms. The van der Waals surface area contributed by atoms with Gasteiger partial charge in [0.2, 0.25) is 0 Å². The van der Waals surface area contributed by atoms with E-state index in [1.165, 1.54) is 29.2 Å². The topological polar surface area (TPSA) is 68.6 Å². The molecule has 0 unspecified atom stereocenters. The standard InChI is InChI=1S/C24H22F4N4O2S/c1-23(2)21(33)31(15-4-3-14(13-29)18(11-15)24(26,27)28)22(35)32(23)16-5-6-20(19(25)12-16)34-17-7-9-30-10-8-17/h3-6,11-12,17,30H,7-10H2,1-2H3. The third kappa shape index (κ3) is 4.56. The average Bonchev–Trinajstić information content (AvgIpc) is 2.98. The number of piperidine rings is 1. The number of rotatable bonds is 4. The second kappa shape index (κ2) is 9.09. The smallest absolute Gasteiger partial charge is 0.417 e. The summed E-state index contributed by atoms with van der Waals surface area (Å²) in [4.78, 5) is 15.6. The number of hydrogen-bond donors (Lipinski definition) is 1. The van der Waals surface area contributed by atoms with Crippen LogP contribution in [0, 0.1) is 17.1 Å². The predicted octanol–water partition coefficient (Wildman–Crippen LogP) is 4.76. The molecule has 2 aliphatic heterocycles. The first-order valence-electron chi connectivity index (χ1n) is 10.9. The molecule has 2 heterocycles. The number of carbonyl (C=O) groups is 1. The van der Waals surface area contributed by atoms with E-state index in [0.717, 1.165) is 43.0 Å². The Kier molecular flexibility index (Phi) is 6.46. The van der Waals surface area contributed by atoms with Crippen LogP contribution in [0.3, 0.4) is 0 Å². The number of amides is 1. The van der Waals surface area contributed by atoms with Crippen LogP contribution in [0.4, 0.5) is 28.9 Å². The van der Waals surface area contributed by atoms with Crippen molar-refractivity contribution in [3.63, 3.8) is 0 Å². The second-order valence-corrected chi connectivity index (χ2v) is 9.20. The van der Waals surface area contributed by atoms with Crippen molar-refractivity contribution in [2.75, 3.05) is 22.9 Å². The molecule has 2 aliphatic rings. The van der Waals surface area contributed by atoms with Crippen molar-refractivity contribution in [3.8, 4) is 11.8 Å². The molecule has 184 valence electrons. The fourth-order valence-electron chi connectivity index (χ4n) is 4.28. The number of anilines is 2. The minimum absolute atomic E-state index is 0.0775. The lowest BCUT2D eigenvalue weighted by atomic mass is 10.0. The van der Waals surface area contributed by atoms with Gasteiger partial charge in [0.25, 0.3) is 5.91 Å². The normalized spacial score (nSPS) is 18.7. The largest absolute Gasteiger partial charge is 0.487 e. The van der Waals surface area contributed by atoms with E-state index in [1.54, 1.807) is 19.9 Å². The lowest BCUT2D eigenvalue weighted by Gasteiger charge is -2.30. The number of benzene rings is 2. The Bertz CT molecular complexity index is 1220. The third-order valence-corrected chi connectivity index (χ3v) is 6.47. The molecule has 2 saturated heterocycles. The Morgan fingerprint density at radius 2 is 1.80 bits per heavy atom. The van der Waals surface area contributed by atoms with Crippen LogP contribution >= 0.6 is 12.2 Å². The lowest BCUT2D eigenvalue weighted by molar-refractivity contribution is -0.137. The highest BCUT2D eigenvalue weighted by Gasteiger charge is 2.51. The van der Waals surface area contributed by atoms with Gasteiger partial charge in [-0.1, -0.05) is 0 Å². The number of alkyl halides is 3. The zero-order chi connectivity index (χ0) is 25.5. The summed E-state index contributed by atoms with van der Waals surface area (Å²) < 4.78 is 61.2. The summed E-state index contributed by atoms with van der Waals surface area (Å²) in [6, 6.07) is 8.67. The first-order chi connectivity index (χ1) is 16.4. The van der Waals surface area contributed by atoms with Crippen LogP contribution in [0.2, 0.25) is 0 Å². The van der Waals surface area contributed by atoms with Crippen molar-refractivity contribution in [2.24, 2.45) is 0 Å². The van der Waals surface area contributed by atoms with Crippen LogP contribution < -0.4 is 19.9 Å². The molecule has 35 heavy (non-hydrogen) atoms. The van der Waals surface area contributed by atoms with E-state index in [-0.39, 0.29) is 28.3 Å². The van der Waals surface area contributed by atoms with E-state index in [2.05, 4.69) is 5.32 Å². The van der Waals surface area contributed by atoms with Gasteiger partial charge in [-0.05, 0) is 82.3 Å². The highest BCUT2D eigenvalue weighted by Crippen LogP contribution is 2.40. The number of thiocarbonyl (C=S) groups is 1. The molecule has 2 aromatic carbocycles. The summed E-state index contributed by atoms with van der Waals surface area (Å²) in [7, 11) is 0. The molecule has 4 rings (SSSR count). The maximum Gasteiger partial charge on any atom is 0.417 e. The van der Waals surface area contributed by atoms with Gasteiger partial charge in [0.05, 0.1) is 22.9 Å². The van der Waals surface area contributed by atoms with Crippen molar-refractivity contribution in [1.29, 1.82) is 5.26 Å². The minimum atomic E-state index is -4.80. The van der Waals surface area contributed by atoms with Gasteiger partial charge in [-0.2, -0.15) is 18.4 Å². The highest BCUT2D eigenvalue weighted by atomic mass is 32.1. The molecular weight excluding hydrogens is 484 g/mol. The molecule has 6 nitrogen and oxygen atoms in total. The van der Waals surface area contributed by atoms with E-state index in [4.69, 9.17) is 22.2 Å². The molecule has 2 aromatic rings. The molecule has 0 aliphatic carbocycles. The van der Waals surface area contributed by atoms with Crippen molar-refractivity contribution >= 4 is 34.6 Å². The van der Waals surface area contributed by atoms with Crippen molar-refractivity contribution < 1.29 is 27.1 Å².